The monoisotopic (exact) mass is 530 g/mol. The number of thioether (sulfide) groups is 1. The molecule has 6 heteroatoms. The van der Waals surface area contributed by atoms with Gasteiger partial charge in [0.1, 0.15) is 14.2 Å². The molecule has 3 aromatic rings. The van der Waals surface area contributed by atoms with Gasteiger partial charge in [0.2, 0.25) is 0 Å². The fourth-order valence-electron chi connectivity index (χ4n) is 5.20. The lowest BCUT2D eigenvalue weighted by Gasteiger charge is -2.20. The first kappa shape index (κ1) is 25.8. The first-order valence-electron chi connectivity index (χ1n) is 13.3. The van der Waals surface area contributed by atoms with Crippen molar-refractivity contribution in [2.75, 3.05) is 11.4 Å². The van der Waals surface area contributed by atoms with E-state index in [9.17, 15) is 9.59 Å². The molecule has 1 aliphatic heterocycles. The number of ketones is 1. The molecule has 4 nitrogen and oxygen atoms in total. The Balaban J connectivity index is 1.61. The van der Waals surface area contributed by atoms with Crippen molar-refractivity contribution in [1.82, 2.24) is 4.57 Å². The van der Waals surface area contributed by atoms with Gasteiger partial charge in [-0.25, -0.2) is 0 Å². The molecular weight excluding hydrogens is 496 g/mol. The molecule has 192 valence electrons. The number of hydrogen-bond donors (Lipinski definition) is 0. The smallest absolute Gasteiger partial charge is 0.272 e. The summed E-state index contributed by atoms with van der Waals surface area (Å²) < 4.78 is 3.23. The van der Waals surface area contributed by atoms with Crippen LogP contribution in [0.15, 0.2) is 64.8 Å². The Morgan fingerprint density at radius 2 is 1.81 bits per heavy atom. The molecule has 1 aromatic heterocycles. The van der Waals surface area contributed by atoms with E-state index in [1.165, 1.54) is 59.6 Å². The van der Waals surface area contributed by atoms with Gasteiger partial charge in [0.15, 0.2) is 5.78 Å². The minimum absolute atomic E-state index is 0.0314. The number of aryl methyl sites for hydroxylation is 1. The van der Waals surface area contributed by atoms with Crippen LogP contribution < -0.4 is 19.7 Å². The summed E-state index contributed by atoms with van der Waals surface area (Å²) in [7, 11) is 0. The van der Waals surface area contributed by atoms with Crippen molar-refractivity contribution in [2.24, 2.45) is 0 Å². The molecule has 0 spiro atoms. The molecular formula is C31H34N2O2S2. The molecule has 0 atom stereocenters. The van der Waals surface area contributed by atoms with Crippen LogP contribution in [0.4, 0.5) is 5.69 Å². The van der Waals surface area contributed by atoms with Crippen molar-refractivity contribution in [1.29, 1.82) is 0 Å². The quantitative estimate of drug-likeness (QED) is 0.250. The molecule has 0 radical (unpaired) electrons. The standard InChI is InChI=1S/C31H34N2O2S2/c1-4-6-7-8-9-12-18-32-25-16-15-21(3)19-26(25)36-31(32)28-29(35)33(17-5-2)30(37-28)24-20-22-13-10-11-14-23(22)27(24)34/h5,10-11,13-16,19H,2,4,6-9,12,17-18,20H2,1,3H3/b30-24-,31-28+. The first-order chi connectivity index (χ1) is 18.0. The number of carbonyl (C=O) groups excluding carboxylic acids is 1. The molecule has 0 bridgehead atoms. The molecule has 1 aliphatic carbocycles. The summed E-state index contributed by atoms with van der Waals surface area (Å²) in [4.78, 5) is 30.7. The lowest BCUT2D eigenvalue weighted by Crippen LogP contribution is -2.35. The van der Waals surface area contributed by atoms with Crippen molar-refractivity contribution < 1.29 is 4.79 Å². The minimum Gasteiger partial charge on any atom is -0.334 e. The second-order valence-electron chi connectivity index (χ2n) is 9.88. The summed E-state index contributed by atoms with van der Waals surface area (Å²) >= 11 is 3.16. The number of anilines is 1. The van der Waals surface area contributed by atoms with E-state index in [1.807, 2.05) is 24.3 Å². The van der Waals surface area contributed by atoms with Gasteiger partial charge in [0, 0.05) is 35.5 Å². The fraction of sp³-hybridized carbons (Fsp3) is 0.355. The van der Waals surface area contributed by atoms with Gasteiger partial charge in [-0.15, -0.1) is 17.9 Å². The third-order valence-corrected chi connectivity index (χ3v) is 9.67. The number of fused-ring (bicyclic) bond motifs is 2. The molecule has 0 saturated carbocycles. The van der Waals surface area contributed by atoms with Crippen molar-refractivity contribution in [3.63, 3.8) is 0 Å². The molecule has 2 aromatic carbocycles. The fourth-order valence-corrected chi connectivity index (χ4v) is 7.81. The summed E-state index contributed by atoms with van der Waals surface area (Å²) in [5, 5.41) is 0.997. The average molecular weight is 531 g/mol. The summed E-state index contributed by atoms with van der Waals surface area (Å²) in [5.74, 6) is 0.0353. The zero-order valence-corrected chi connectivity index (χ0v) is 23.4. The zero-order chi connectivity index (χ0) is 25.9. The number of aromatic nitrogens is 1. The first-order valence-corrected chi connectivity index (χ1v) is 14.9. The molecule has 0 N–H and O–H groups in total. The van der Waals surface area contributed by atoms with Crippen molar-refractivity contribution in [3.8, 4) is 0 Å². The van der Waals surface area contributed by atoms with Crippen LogP contribution in [0.2, 0.25) is 0 Å². The van der Waals surface area contributed by atoms with Gasteiger partial charge in [0.25, 0.3) is 5.56 Å². The van der Waals surface area contributed by atoms with Gasteiger partial charge in [0.05, 0.1) is 5.69 Å². The Morgan fingerprint density at radius 3 is 2.59 bits per heavy atom. The van der Waals surface area contributed by atoms with Crippen LogP contribution in [0.3, 0.4) is 0 Å². The summed E-state index contributed by atoms with van der Waals surface area (Å²) in [5.41, 5.74) is 4.87. The lowest BCUT2D eigenvalue weighted by molar-refractivity contribution is 0.105. The minimum atomic E-state index is -0.0314. The summed E-state index contributed by atoms with van der Waals surface area (Å²) in [6.45, 7) is 9.51. The largest absolute Gasteiger partial charge is 0.334 e. The highest BCUT2D eigenvalue weighted by Gasteiger charge is 2.30. The van der Waals surface area contributed by atoms with E-state index in [4.69, 9.17) is 0 Å². The zero-order valence-electron chi connectivity index (χ0n) is 21.7. The van der Waals surface area contributed by atoms with Crippen LogP contribution in [-0.2, 0) is 13.0 Å². The number of hydrogen-bond acceptors (Lipinski definition) is 5. The maximum atomic E-state index is 13.9. The predicted octanol–water partition coefficient (Wildman–Crippen LogP) is 6.03. The Hall–Kier alpha value is -2.83. The Bertz CT molecular complexity index is 1530. The number of carbonyl (C=O) groups is 1. The van der Waals surface area contributed by atoms with E-state index in [-0.39, 0.29) is 11.3 Å². The molecule has 5 rings (SSSR count). The van der Waals surface area contributed by atoms with Crippen LogP contribution in [0, 0.1) is 6.92 Å². The number of allylic oxidation sites excluding steroid dienone is 1. The molecule has 2 aliphatic rings. The number of rotatable bonds is 9. The topological polar surface area (TPSA) is 42.3 Å². The van der Waals surface area contributed by atoms with Crippen molar-refractivity contribution in [2.45, 2.75) is 70.2 Å². The van der Waals surface area contributed by atoms with E-state index < -0.39 is 0 Å². The van der Waals surface area contributed by atoms with Crippen molar-refractivity contribution >= 4 is 45.2 Å². The lowest BCUT2D eigenvalue weighted by atomic mass is 10.1. The van der Waals surface area contributed by atoms with Gasteiger partial charge in [-0.3, -0.25) is 14.2 Å². The Kier molecular flexibility index (Phi) is 7.87. The highest BCUT2D eigenvalue weighted by Crippen LogP contribution is 2.46. The number of Topliss-reactive ketones (excluding diaryl/α,β-unsaturated/α-hetero) is 1. The number of thiazole rings is 1. The molecule has 0 unspecified atom stereocenters. The van der Waals surface area contributed by atoms with E-state index in [0.717, 1.165) is 43.9 Å². The SMILES string of the molecule is C=CCn1c(=O)/c(=C2\Sc3cc(C)ccc3N2CCCCCCCC)s/c1=C1/Cc2ccccc2C1=O. The molecule has 0 fully saturated rings. The number of nitrogens with zero attached hydrogens (tertiary/aromatic N) is 2. The molecule has 0 saturated heterocycles. The van der Waals surface area contributed by atoms with Gasteiger partial charge in [-0.05, 0) is 36.6 Å². The maximum absolute atomic E-state index is 13.9. The highest BCUT2D eigenvalue weighted by atomic mass is 32.2. The molecule has 0 amide bonds. The van der Waals surface area contributed by atoms with E-state index in [0.29, 0.717) is 13.0 Å². The van der Waals surface area contributed by atoms with Crippen LogP contribution in [-0.4, -0.2) is 16.9 Å². The molecule has 2 heterocycles. The second-order valence-corrected chi connectivity index (χ2v) is 11.9. The number of unbranched alkanes of at least 4 members (excludes halogenated alkanes) is 5. The maximum Gasteiger partial charge on any atom is 0.272 e. The van der Waals surface area contributed by atoms with Crippen LogP contribution in [0.1, 0.15) is 66.9 Å². The van der Waals surface area contributed by atoms with E-state index in [1.54, 1.807) is 22.4 Å². The van der Waals surface area contributed by atoms with Gasteiger partial charge in [-0.1, -0.05) is 87.2 Å². The average Bonchev–Trinajstić information content (AvgIpc) is 3.53. The van der Waals surface area contributed by atoms with Crippen LogP contribution in [0.25, 0.3) is 10.6 Å². The van der Waals surface area contributed by atoms with Crippen LogP contribution >= 0.6 is 23.1 Å². The van der Waals surface area contributed by atoms with E-state index >= 15 is 0 Å². The van der Waals surface area contributed by atoms with E-state index in [2.05, 4.69) is 43.5 Å². The number of benzene rings is 2. The van der Waals surface area contributed by atoms with Crippen molar-refractivity contribution in [3.05, 3.63) is 91.4 Å². The van der Waals surface area contributed by atoms with Gasteiger partial charge in [-0.2, -0.15) is 0 Å². The Labute approximate surface area is 227 Å². The third-order valence-electron chi connectivity index (χ3n) is 7.14. The highest BCUT2D eigenvalue weighted by molar-refractivity contribution is 8.08. The normalized spacial score (nSPS) is 17.4. The predicted molar refractivity (Wildman–Crippen MR) is 157 cm³/mol. The Morgan fingerprint density at radius 1 is 1.03 bits per heavy atom. The van der Waals surface area contributed by atoms with Gasteiger partial charge < -0.3 is 4.90 Å². The van der Waals surface area contributed by atoms with Gasteiger partial charge >= 0.3 is 0 Å². The van der Waals surface area contributed by atoms with Crippen LogP contribution in [0.5, 0.6) is 0 Å². The second kappa shape index (κ2) is 11.3. The third kappa shape index (κ3) is 5.01. The summed E-state index contributed by atoms with van der Waals surface area (Å²) in [6, 6.07) is 14.3. The molecule has 37 heavy (non-hydrogen) atoms. The summed E-state index contributed by atoms with van der Waals surface area (Å²) in [6.07, 6.45) is 9.66.